The maximum Gasteiger partial charge on any atom is 0.213 e. The van der Waals surface area contributed by atoms with Gasteiger partial charge in [0.25, 0.3) is 0 Å². The molecule has 0 unspecified atom stereocenters. The Hall–Kier alpha value is -2.07. The molecule has 0 aliphatic rings. The van der Waals surface area contributed by atoms with Crippen molar-refractivity contribution >= 4 is 38.3 Å². The molecule has 3 nitrogen and oxygen atoms in total. The number of rotatable bonds is 3. The minimum Gasteiger partial charge on any atom is -0.323 e. The Bertz CT molecular complexity index is 849. The Kier molecular flexibility index (Phi) is 3.32. The van der Waals surface area contributed by atoms with Gasteiger partial charge in [0.1, 0.15) is 10.3 Å². The van der Waals surface area contributed by atoms with E-state index in [1.165, 1.54) is 0 Å². The molecule has 0 spiro atoms. The monoisotopic (exact) mass is 327 g/mol. The van der Waals surface area contributed by atoms with Crippen molar-refractivity contribution in [3.63, 3.8) is 0 Å². The Morgan fingerprint density at radius 3 is 2.95 bits per heavy atom. The number of allylic oxidation sites excluding steroid dienone is 5. The predicted molar refractivity (Wildman–Crippen MR) is 87.7 cm³/mol. The molecule has 0 amide bonds. The smallest absolute Gasteiger partial charge is 0.213 e. The number of benzene rings is 1. The summed E-state index contributed by atoms with van der Waals surface area (Å²) in [5.74, 6) is 0.821. The molecule has 4 heteroatoms. The van der Waals surface area contributed by atoms with E-state index in [1.807, 2.05) is 49.4 Å². The van der Waals surface area contributed by atoms with Gasteiger partial charge >= 0.3 is 0 Å². The number of aromatic amines is 1. The van der Waals surface area contributed by atoms with E-state index < -0.39 is 0 Å². The minimum absolute atomic E-state index is 0.821. The third kappa shape index (κ3) is 1.93. The van der Waals surface area contributed by atoms with Crippen LogP contribution in [0.15, 0.2) is 59.8 Å². The second-order valence-corrected chi connectivity index (χ2v) is 5.16. The lowest BCUT2D eigenvalue weighted by molar-refractivity contribution is 1.22. The van der Waals surface area contributed by atoms with Crippen molar-refractivity contribution < 1.29 is 0 Å². The van der Waals surface area contributed by atoms with Crippen LogP contribution in [0.1, 0.15) is 12.6 Å². The van der Waals surface area contributed by atoms with Gasteiger partial charge in [-0.1, -0.05) is 43.0 Å². The molecular weight excluding hydrogens is 314 g/mol. The number of para-hydroxylation sites is 2. The third-order valence-electron chi connectivity index (χ3n) is 3.17. The molecule has 0 atom stereocenters. The molecule has 0 fully saturated rings. The molecule has 0 aliphatic carbocycles. The zero-order chi connectivity index (χ0) is 14.1. The van der Waals surface area contributed by atoms with Gasteiger partial charge in [-0.15, -0.1) is 0 Å². The van der Waals surface area contributed by atoms with Crippen LogP contribution in [0.25, 0.3) is 22.4 Å². The van der Waals surface area contributed by atoms with Crippen molar-refractivity contribution in [2.45, 2.75) is 6.92 Å². The van der Waals surface area contributed by atoms with Gasteiger partial charge < -0.3 is 4.98 Å². The molecule has 0 aliphatic heterocycles. The number of hydrogen-bond acceptors (Lipinski definition) is 1. The SMILES string of the molecule is C=C/C(=C\C=C/C)c1nc2[nH]c3ccccc3n2c1Br. The number of halogens is 1. The summed E-state index contributed by atoms with van der Waals surface area (Å²) < 4.78 is 3.00. The first-order valence-corrected chi connectivity index (χ1v) is 7.16. The average molecular weight is 328 g/mol. The Labute approximate surface area is 125 Å². The van der Waals surface area contributed by atoms with Crippen LogP contribution in [0, 0.1) is 0 Å². The van der Waals surface area contributed by atoms with E-state index in [4.69, 9.17) is 0 Å². The van der Waals surface area contributed by atoms with E-state index in [1.54, 1.807) is 0 Å². The van der Waals surface area contributed by atoms with Crippen molar-refractivity contribution in [3.8, 4) is 0 Å². The summed E-state index contributed by atoms with van der Waals surface area (Å²) in [6.45, 7) is 5.85. The van der Waals surface area contributed by atoms with Crippen LogP contribution in [-0.4, -0.2) is 14.4 Å². The van der Waals surface area contributed by atoms with E-state index in [2.05, 4.69) is 42.9 Å². The molecule has 1 aromatic carbocycles. The first-order chi connectivity index (χ1) is 9.76. The van der Waals surface area contributed by atoms with E-state index in [9.17, 15) is 0 Å². The fraction of sp³-hybridized carbons (Fsp3) is 0.0625. The first kappa shape index (κ1) is 12.9. The number of nitrogens with zero attached hydrogens (tertiary/aromatic N) is 2. The molecule has 0 radical (unpaired) electrons. The van der Waals surface area contributed by atoms with Crippen molar-refractivity contribution in [3.05, 3.63) is 65.4 Å². The highest BCUT2D eigenvalue weighted by Gasteiger charge is 2.15. The maximum absolute atomic E-state index is 4.66. The van der Waals surface area contributed by atoms with Crippen molar-refractivity contribution in [1.82, 2.24) is 14.4 Å². The van der Waals surface area contributed by atoms with Crippen LogP contribution in [-0.2, 0) is 0 Å². The standard InChI is InChI=1S/C16H14BrN3/c1-3-5-8-11(4-2)14-15(17)20-13-10-7-6-9-12(13)18-16(20)19-14/h3-10H,2H2,1H3,(H,18,19)/b5-3-,11-8+. The fourth-order valence-corrected chi connectivity index (χ4v) is 2.90. The maximum atomic E-state index is 4.66. The Balaban J connectivity index is 2.28. The lowest BCUT2D eigenvalue weighted by atomic mass is 10.2. The average Bonchev–Trinajstić information content (AvgIpc) is 2.97. The molecular formula is C16H14BrN3. The molecule has 3 aromatic rings. The Morgan fingerprint density at radius 2 is 2.20 bits per heavy atom. The zero-order valence-electron chi connectivity index (χ0n) is 11.1. The summed E-state index contributed by atoms with van der Waals surface area (Å²) in [6.07, 6.45) is 7.78. The second-order valence-electron chi connectivity index (χ2n) is 4.40. The predicted octanol–water partition coefficient (Wildman–Crippen LogP) is 4.72. The van der Waals surface area contributed by atoms with Gasteiger partial charge in [0.05, 0.1) is 11.0 Å². The van der Waals surface area contributed by atoms with Gasteiger partial charge in [0, 0.05) is 5.57 Å². The molecule has 0 bridgehead atoms. The molecule has 20 heavy (non-hydrogen) atoms. The molecule has 0 saturated heterocycles. The largest absolute Gasteiger partial charge is 0.323 e. The van der Waals surface area contributed by atoms with Gasteiger partial charge in [0.2, 0.25) is 5.78 Å². The van der Waals surface area contributed by atoms with E-state index in [0.29, 0.717) is 0 Å². The first-order valence-electron chi connectivity index (χ1n) is 6.36. The summed E-state index contributed by atoms with van der Waals surface area (Å²) in [5.41, 5.74) is 4.04. The summed E-state index contributed by atoms with van der Waals surface area (Å²) >= 11 is 3.65. The van der Waals surface area contributed by atoms with Crippen LogP contribution in [0.5, 0.6) is 0 Å². The normalized spacial score (nSPS) is 12.8. The van der Waals surface area contributed by atoms with Gasteiger partial charge in [-0.2, -0.15) is 0 Å². The highest BCUT2D eigenvalue weighted by atomic mass is 79.9. The number of aromatic nitrogens is 3. The van der Waals surface area contributed by atoms with Crippen LogP contribution in [0.3, 0.4) is 0 Å². The number of nitrogens with one attached hydrogen (secondary N) is 1. The third-order valence-corrected chi connectivity index (χ3v) is 3.90. The van der Waals surface area contributed by atoms with Gasteiger partial charge in [0.15, 0.2) is 0 Å². The Morgan fingerprint density at radius 1 is 1.40 bits per heavy atom. The fourth-order valence-electron chi connectivity index (χ4n) is 2.23. The highest BCUT2D eigenvalue weighted by molar-refractivity contribution is 9.10. The van der Waals surface area contributed by atoms with Crippen molar-refractivity contribution in [2.75, 3.05) is 0 Å². The number of H-pyrrole nitrogens is 1. The van der Waals surface area contributed by atoms with Crippen molar-refractivity contribution in [2.24, 2.45) is 0 Å². The van der Waals surface area contributed by atoms with E-state index >= 15 is 0 Å². The van der Waals surface area contributed by atoms with Crippen LogP contribution >= 0.6 is 15.9 Å². The minimum atomic E-state index is 0.821. The van der Waals surface area contributed by atoms with Gasteiger partial charge in [-0.3, -0.25) is 4.40 Å². The number of imidazole rings is 2. The lowest BCUT2D eigenvalue weighted by Crippen LogP contribution is -1.84. The van der Waals surface area contributed by atoms with E-state index in [0.717, 1.165) is 32.7 Å². The van der Waals surface area contributed by atoms with Gasteiger partial charge in [-0.25, -0.2) is 4.98 Å². The summed E-state index contributed by atoms with van der Waals surface area (Å²) in [7, 11) is 0. The molecule has 100 valence electrons. The topological polar surface area (TPSA) is 33.1 Å². The second kappa shape index (κ2) is 5.13. The van der Waals surface area contributed by atoms with Crippen LogP contribution in [0.2, 0.25) is 0 Å². The number of hydrogen-bond donors (Lipinski definition) is 1. The van der Waals surface area contributed by atoms with Crippen LogP contribution in [0.4, 0.5) is 0 Å². The molecule has 2 aromatic heterocycles. The zero-order valence-corrected chi connectivity index (χ0v) is 12.7. The van der Waals surface area contributed by atoms with Gasteiger partial charge in [-0.05, 0) is 35.0 Å². The molecule has 2 heterocycles. The quantitative estimate of drug-likeness (QED) is 0.693. The molecule has 1 N–H and O–H groups in total. The lowest BCUT2D eigenvalue weighted by Gasteiger charge is -1.98. The number of fused-ring (bicyclic) bond motifs is 3. The highest BCUT2D eigenvalue weighted by Crippen LogP contribution is 2.29. The van der Waals surface area contributed by atoms with Crippen LogP contribution < -0.4 is 0 Å². The molecule has 3 rings (SSSR count). The summed E-state index contributed by atoms with van der Waals surface area (Å²) in [6, 6.07) is 8.14. The summed E-state index contributed by atoms with van der Waals surface area (Å²) in [4.78, 5) is 7.98. The van der Waals surface area contributed by atoms with E-state index in [-0.39, 0.29) is 0 Å². The summed E-state index contributed by atoms with van der Waals surface area (Å²) in [5, 5.41) is 0. The van der Waals surface area contributed by atoms with Crippen molar-refractivity contribution in [1.29, 1.82) is 0 Å². The molecule has 0 saturated carbocycles.